The van der Waals surface area contributed by atoms with E-state index in [0.717, 1.165) is 10.6 Å². The molecular weight excluding hydrogens is 444 g/mol. The second-order valence-corrected chi connectivity index (χ2v) is 8.90. The van der Waals surface area contributed by atoms with Gasteiger partial charge in [0.25, 0.3) is 6.17 Å². The van der Waals surface area contributed by atoms with E-state index >= 15 is 0 Å². The Kier molecular flexibility index (Phi) is 4.44. The van der Waals surface area contributed by atoms with E-state index < -0.39 is 34.6 Å². The minimum Gasteiger partial charge on any atom is -0.320 e. The first-order valence-electron chi connectivity index (χ1n) is 11.3. The van der Waals surface area contributed by atoms with Crippen LogP contribution < -0.4 is 15.2 Å². The molecular formula is C26H23N6O3+. The van der Waals surface area contributed by atoms with Gasteiger partial charge < -0.3 is 5.73 Å². The molecule has 3 aromatic rings. The van der Waals surface area contributed by atoms with E-state index in [4.69, 9.17) is 10.7 Å². The highest BCUT2D eigenvalue weighted by Gasteiger charge is 2.67. The average Bonchev–Trinajstić information content (AvgIpc) is 3.03. The number of hydrazine groups is 1. The van der Waals surface area contributed by atoms with Crippen molar-refractivity contribution in [2.24, 2.45) is 10.7 Å². The summed E-state index contributed by atoms with van der Waals surface area (Å²) in [6, 6.07) is 22.6. The lowest BCUT2D eigenvalue weighted by Crippen LogP contribution is -2.67. The molecule has 0 aliphatic carbocycles. The molecule has 2 N–H and O–H groups in total. The molecule has 6 bridgehead atoms. The van der Waals surface area contributed by atoms with E-state index in [1.165, 1.54) is 16.9 Å². The summed E-state index contributed by atoms with van der Waals surface area (Å²) in [6.45, 7) is 1.54. The van der Waals surface area contributed by atoms with E-state index in [-0.39, 0.29) is 0 Å². The third-order valence-electron chi connectivity index (χ3n) is 6.72. The lowest BCUT2D eigenvalue weighted by atomic mass is 9.96. The molecule has 0 aromatic heterocycles. The molecule has 4 aliphatic rings. The van der Waals surface area contributed by atoms with Crippen molar-refractivity contribution in [1.29, 1.82) is 0 Å². The highest BCUT2D eigenvalue weighted by atomic mass is 16.3. The number of nitrogens with zero attached hydrogens (tertiary/aromatic N) is 5. The maximum Gasteiger partial charge on any atom is 0.391 e. The van der Waals surface area contributed by atoms with Crippen LogP contribution in [0.3, 0.4) is 0 Å². The molecule has 1 fully saturated rings. The molecule has 0 radical (unpaired) electrons. The maximum absolute atomic E-state index is 14.2. The minimum absolute atomic E-state index is 0.411. The van der Waals surface area contributed by atoms with Crippen LogP contribution in [0.1, 0.15) is 18.1 Å². The molecule has 35 heavy (non-hydrogen) atoms. The van der Waals surface area contributed by atoms with Crippen LogP contribution in [0.5, 0.6) is 0 Å². The van der Waals surface area contributed by atoms with Gasteiger partial charge >= 0.3 is 17.8 Å². The molecule has 1 saturated heterocycles. The molecule has 1 unspecified atom stereocenters. The van der Waals surface area contributed by atoms with Crippen LogP contribution in [0, 0.1) is 0 Å². The van der Waals surface area contributed by atoms with Crippen LogP contribution in [-0.4, -0.2) is 52.9 Å². The van der Waals surface area contributed by atoms with Gasteiger partial charge in [-0.2, -0.15) is 0 Å². The summed E-state index contributed by atoms with van der Waals surface area (Å²) in [5, 5.41) is 2.33. The maximum atomic E-state index is 14.2. The van der Waals surface area contributed by atoms with E-state index in [1.807, 2.05) is 72.8 Å². The summed E-state index contributed by atoms with van der Waals surface area (Å²) in [6.07, 6.45) is -1.24. The van der Waals surface area contributed by atoms with Gasteiger partial charge in [-0.3, -0.25) is 9.69 Å². The number of quaternary nitrogens is 1. The Morgan fingerprint density at radius 2 is 1.63 bits per heavy atom. The summed E-state index contributed by atoms with van der Waals surface area (Å²) in [7, 11) is 1.62. The second kappa shape index (κ2) is 7.33. The molecule has 9 heteroatoms. The van der Waals surface area contributed by atoms with E-state index in [9.17, 15) is 14.4 Å². The van der Waals surface area contributed by atoms with Crippen molar-refractivity contribution in [3.8, 4) is 0 Å². The quantitative estimate of drug-likeness (QED) is 0.599. The Labute approximate surface area is 201 Å². The number of urea groups is 1. The Bertz CT molecular complexity index is 1420. The monoisotopic (exact) mass is 467 g/mol. The first-order valence-corrected chi connectivity index (χ1v) is 11.3. The summed E-state index contributed by atoms with van der Waals surface area (Å²) < 4.78 is -0.553. The van der Waals surface area contributed by atoms with Crippen LogP contribution in [0.4, 0.5) is 21.9 Å². The van der Waals surface area contributed by atoms with Crippen molar-refractivity contribution in [3.05, 3.63) is 90.0 Å². The van der Waals surface area contributed by atoms with Gasteiger partial charge in [-0.1, -0.05) is 59.7 Å². The Morgan fingerprint density at radius 3 is 2.29 bits per heavy atom. The molecule has 0 saturated carbocycles. The fraction of sp³-hybridized carbons (Fsp3) is 0.154. The average molecular weight is 468 g/mol. The van der Waals surface area contributed by atoms with Gasteiger partial charge in [0.1, 0.15) is 7.05 Å². The third kappa shape index (κ3) is 2.70. The number of para-hydroxylation sites is 1. The van der Waals surface area contributed by atoms with Crippen LogP contribution in [0.25, 0.3) is 0 Å². The highest BCUT2D eigenvalue weighted by molar-refractivity contribution is 6.25. The summed E-state index contributed by atoms with van der Waals surface area (Å²) >= 11 is 0. The number of anilines is 2. The third-order valence-corrected chi connectivity index (χ3v) is 6.72. The lowest BCUT2D eigenvalue weighted by Gasteiger charge is -2.42. The van der Waals surface area contributed by atoms with Crippen LogP contribution in [0.15, 0.2) is 83.9 Å². The van der Waals surface area contributed by atoms with Crippen molar-refractivity contribution < 1.29 is 14.4 Å². The fourth-order valence-corrected chi connectivity index (χ4v) is 5.07. The van der Waals surface area contributed by atoms with Gasteiger partial charge in [-0.15, -0.1) is 9.60 Å². The number of hydrogen-bond acceptors (Lipinski definition) is 5. The topological polar surface area (TPSA) is 99.3 Å². The van der Waals surface area contributed by atoms with E-state index in [2.05, 4.69) is 0 Å². The number of amides is 4. The Hall–Kier alpha value is -4.34. The zero-order chi connectivity index (χ0) is 24.5. The number of fused-ring (bicyclic) bond motifs is 1. The van der Waals surface area contributed by atoms with Crippen molar-refractivity contribution in [3.63, 3.8) is 0 Å². The van der Waals surface area contributed by atoms with Gasteiger partial charge in [0.05, 0.1) is 28.7 Å². The van der Waals surface area contributed by atoms with Gasteiger partial charge in [-0.05, 0) is 25.1 Å². The molecule has 0 spiro atoms. The standard InChI is InChI=1S/C26H23N6O3/c1-16(27)24(33)31-30-23-25(34)32(31,2)20-15-9-14-19(29(26(30)35)18-12-7-4-8-13-18)21(20)22(28-23)17-10-5-3-6-11-17/h3-16,23H,27H2,1-2H3/q+1/t16-,23?,32+/m0/s1. The fourth-order valence-electron chi connectivity index (χ4n) is 5.07. The SMILES string of the molecule is C[C@H](N)C(=O)N1N2C(=O)N(c3ccccc3)c3cccc4c3C(c3ccccc3)=NC2C(=O)[N@@+]41C. The van der Waals surface area contributed by atoms with Gasteiger partial charge in [0, 0.05) is 11.6 Å². The number of hydrogen-bond donors (Lipinski definition) is 1. The molecule has 4 amide bonds. The van der Waals surface area contributed by atoms with Crippen LogP contribution >= 0.6 is 0 Å². The number of carbonyl (C=O) groups is 3. The molecule has 4 heterocycles. The van der Waals surface area contributed by atoms with Gasteiger partial charge in [-0.25, -0.2) is 14.6 Å². The number of nitrogens with two attached hydrogens (primary N) is 1. The normalized spacial score (nSPS) is 23.2. The second-order valence-electron chi connectivity index (χ2n) is 8.90. The molecule has 3 aromatic carbocycles. The Balaban J connectivity index is 1.76. The number of benzene rings is 3. The van der Waals surface area contributed by atoms with E-state index in [0.29, 0.717) is 28.3 Å². The predicted octanol–water partition coefficient (Wildman–Crippen LogP) is 2.92. The summed E-state index contributed by atoms with van der Waals surface area (Å²) in [5.41, 5.74) is 9.75. The summed E-state index contributed by atoms with van der Waals surface area (Å²) in [5.74, 6) is -0.965. The van der Waals surface area contributed by atoms with Gasteiger partial charge in [0.2, 0.25) is 0 Å². The number of carbonyl (C=O) groups excluding carboxylic acids is 3. The molecule has 174 valence electrons. The van der Waals surface area contributed by atoms with Crippen molar-refractivity contribution in [1.82, 2.24) is 14.7 Å². The zero-order valence-electron chi connectivity index (χ0n) is 19.2. The highest BCUT2D eigenvalue weighted by Crippen LogP contribution is 2.48. The molecule has 9 nitrogen and oxygen atoms in total. The van der Waals surface area contributed by atoms with Crippen molar-refractivity contribution >= 4 is 40.6 Å². The van der Waals surface area contributed by atoms with Crippen molar-refractivity contribution in [2.45, 2.75) is 19.1 Å². The number of aliphatic imine (C=N–C) groups is 1. The minimum atomic E-state index is -1.24. The smallest absolute Gasteiger partial charge is 0.320 e. The first-order chi connectivity index (χ1) is 16.9. The zero-order valence-corrected chi connectivity index (χ0v) is 19.2. The molecule has 7 rings (SSSR count). The van der Waals surface area contributed by atoms with Crippen LogP contribution in [0.2, 0.25) is 0 Å². The van der Waals surface area contributed by atoms with E-state index in [1.54, 1.807) is 13.1 Å². The van der Waals surface area contributed by atoms with Crippen molar-refractivity contribution in [2.75, 3.05) is 11.9 Å². The van der Waals surface area contributed by atoms with Crippen LogP contribution in [-0.2, 0) is 9.59 Å². The largest absolute Gasteiger partial charge is 0.391 e. The Morgan fingerprint density at radius 1 is 0.971 bits per heavy atom. The first kappa shape index (κ1) is 21.2. The van der Waals surface area contributed by atoms with Gasteiger partial charge in [0.15, 0.2) is 5.69 Å². The summed E-state index contributed by atoms with van der Waals surface area (Å²) in [4.78, 5) is 48.0. The predicted molar refractivity (Wildman–Crippen MR) is 131 cm³/mol. The lowest BCUT2D eigenvalue weighted by molar-refractivity contribution is -0.166. The number of likely N-dealkylation sites (N-methyl/N-ethyl adjacent to an activating group) is 1. The molecule has 3 atom stereocenters. The molecule has 4 aliphatic heterocycles. The number of rotatable bonds is 3.